The molecule has 0 radical (unpaired) electrons. The minimum absolute atomic E-state index is 0.356. The molecule has 0 spiro atoms. The van der Waals surface area contributed by atoms with Crippen LogP contribution in [0.2, 0.25) is 0 Å². The summed E-state index contributed by atoms with van der Waals surface area (Å²) >= 11 is -8.59. The molecule has 0 atom stereocenters. The van der Waals surface area contributed by atoms with Crippen molar-refractivity contribution in [3.05, 3.63) is 35.9 Å². The van der Waals surface area contributed by atoms with Gasteiger partial charge in [0.1, 0.15) is 0 Å². The second-order valence-electron chi connectivity index (χ2n) is 3.86. The van der Waals surface area contributed by atoms with E-state index in [4.69, 9.17) is 0 Å². The maximum atomic E-state index is 12.6. The van der Waals surface area contributed by atoms with E-state index < -0.39 is 28.3 Å². The van der Waals surface area contributed by atoms with Crippen molar-refractivity contribution in [2.75, 3.05) is 0 Å². The first-order chi connectivity index (χ1) is 9.33. The average Bonchev–Trinajstić information content (AvgIpc) is 2.25. The molecule has 10 heteroatoms. The normalized spacial score (nSPS) is 13.6. The van der Waals surface area contributed by atoms with Crippen molar-refractivity contribution in [2.45, 2.75) is 15.0 Å². The van der Waals surface area contributed by atoms with E-state index in [0.29, 0.717) is 4.75 Å². The zero-order valence-electron chi connectivity index (χ0n) is 9.79. The standard InChI is InChI=1S/C11H5F9Ge/c12-9(13,14)21(10(15,16)17,11(18,19)20)7-6-8-4-2-1-3-5-8/h1-5H. The summed E-state index contributed by atoms with van der Waals surface area (Å²) < 4.78 is 114. The molecule has 0 amide bonds. The Morgan fingerprint density at radius 1 is 0.667 bits per heavy atom. The molecule has 1 aromatic rings. The molecule has 0 saturated carbocycles. The molecule has 0 aliphatic carbocycles. The SMILES string of the molecule is F[C](F)(F)[Ge]([C]#Cc1ccccc1)([C](F)(F)F)[C](F)(F)F. The van der Waals surface area contributed by atoms with E-state index >= 15 is 0 Å². The molecule has 0 heterocycles. The van der Waals surface area contributed by atoms with Crippen LogP contribution in [-0.4, -0.2) is 28.3 Å². The summed E-state index contributed by atoms with van der Waals surface area (Å²) in [5.41, 5.74) is -0.356. The quantitative estimate of drug-likeness (QED) is 0.357. The number of rotatable bonds is 0. The molecule has 0 aliphatic rings. The van der Waals surface area contributed by atoms with E-state index in [1.54, 1.807) is 0 Å². The first-order valence-corrected chi connectivity index (χ1v) is 9.31. The molecular formula is C11H5F9Ge. The van der Waals surface area contributed by atoms with E-state index in [9.17, 15) is 39.5 Å². The third kappa shape index (κ3) is 3.31. The van der Waals surface area contributed by atoms with Gasteiger partial charge in [-0.2, -0.15) is 0 Å². The van der Waals surface area contributed by atoms with Gasteiger partial charge in [-0.1, -0.05) is 0 Å². The van der Waals surface area contributed by atoms with Crippen LogP contribution in [0.1, 0.15) is 5.56 Å². The van der Waals surface area contributed by atoms with Crippen LogP contribution in [0.15, 0.2) is 30.3 Å². The topological polar surface area (TPSA) is 0 Å². The van der Waals surface area contributed by atoms with Crippen LogP contribution >= 0.6 is 0 Å². The van der Waals surface area contributed by atoms with Gasteiger partial charge in [-0.15, -0.1) is 0 Å². The predicted molar refractivity (Wildman–Crippen MR) is 57.2 cm³/mol. The Morgan fingerprint density at radius 2 is 1.05 bits per heavy atom. The van der Waals surface area contributed by atoms with Gasteiger partial charge in [0.15, 0.2) is 0 Å². The average molecular weight is 381 g/mol. The van der Waals surface area contributed by atoms with Crippen LogP contribution < -0.4 is 0 Å². The number of halogens is 9. The minimum atomic E-state index is -8.59. The van der Waals surface area contributed by atoms with Gasteiger partial charge in [-0.25, -0.2) is 0 Å². The van der Waals surface area contributed by atoms with Gasteiger partial charge in [-0.05, 0) is 0 Å². The third-order valence-electron chi connectivity index (χ3n) is 2.44. The molecule has 1 rings (SSSR count). The summed E-state index contributed by atoms with van der Waals surface area (Å²) in [5, 5.41) is -19.4. The monoisotopic (exact) mass is 382 g/mol. The van der Waals surface area contributed by atoms with Gasteiger partial charge < -0.3 is 0 Å². The van der Waals surface area contributed by atoms with Gasteiger partial charge in [0.25, 0.3) is 0 Å². The van der Waals surface area contributed by atoms with E-state index in [2.05, 4.69) is 0 Å². The van der Waals surface area contributed by atoms with Crippen LogP contribution in [0.25, 0.3) is 0 Å². The molecular weight excluding hydrogens is 376 g/mol. The second kappa shape index (κ2) is 5.47. The van der Waals surface area contributed by atoms with Crippen LogP contribution in [0.5, 0.6) is 0 Å². The van der Waals surface area contributed by atoms with Crippen molar-refractivity contribution < 1.29 is 39.5 Å². The Kier molecular flexibility index (Phi) is 4.63. The summed E-state index contributed by atoms with van der Waals surface area (Å²) in [7, 11) is 0. The fraction of sp³-hybridized carbons (Fsp3) is 0.273. The van der Waals surface area contributed by atoms with Gasteiger partial charge in [-0.3, -0.25) is 0 Å². The van der Waals surface area contributed by atoms with Gasteiger partial charge in [0, 0.05) is 0 Å². The van der Waals surface area contributed by atoms with Crippen molar-refractivity contribution >= 4 is 13.3 Å². The van der Waals surface area contributed by atoms with Gasteiger partial charge in [0.05, 0.1) is 0 Å². The zero-order valence-corrected chi connectivity index (χ0v) is 11.9. The summed E-state index contributed by atoms with van der Waals surface area (Å²) in [4.78, 5) is 0. The van der Waals surface area contributed by atoms with Crippen molar-refractivity contribution in [2.24, 2.45) is 0 Å². The molecule has 1 aromatic carbocycles. The Hall–Kier alpha value is -1.31. The summed E-state index contributed by atoms with van der Waals surface area (Å²) in [6.07, 6.45) is 0. The van der Waals surface area contributed by atoms with Crippen molar-refractivity contribution in [1.82, 2.24) is 0 Å². The van der Waals surface area contributed by atoms with E-state index in [0.717, 1.165) is 12.1 Å². The molecule has 0 bridgehead atoms. The predicted octanol–water partition coefficient (Wildman–Crippen LogP) is 4.33. The molecule has 0 unspecified atom stereocenters. The molecule has 0 saturated heterocycles. The third-order valence-corrected chi connectivity index (χ3v) is 8.85. The van der Waals surface area contributed by atoms with Crippen LogP contribution in [-0.2, 0) is 0 Å². The molecule has 21 heavy (non-hydrogen) atoms. The Balaban J connectivity index is 3.58. The van der Waals surface area contributed by atoms with Gasteiger partial charge >= 0.3 is 114 Å². The molecule has 0 fully saturated rings. The van der Waals surface area contributed by atoms with Crippen molar-refractivity contribution in [3.63, 3.8) is 0 Å². The second-order valence-corrected chi connectivity index (χ2v) is 11.1. The Morgan fingerprint density at radius 3 is 1.38 bits per heavy atom. The van der Waals surface area contributed by atoms with Crippen LogP contribution in [0.4, 0.5) is 39.5 Å². The van der Waals surface area contributed by atoms with E-state index in [1.807, 2.05) is 0 Å². The first-order valence-electron chi connectivity index (χ1n) is 5.11. The van der Waals surface area contributed by atoms with Crippen LogP contribution in [0, 0.1) is 10.7 Å². The molecule has 0 aromatic heterocycles. The Bertz CT molecular complexity index is 505. The maximum absolute atomic E-state index is 12.6. The summed E-state index contributed by atoms with van der Waals surface area (Å²) in [5.74, 6) is 1.38. The van der Waals surface area contributed by atoms with Crippen molar-refractivity contribution in [3.8, 4) is 10.7 Å². The van der Waals surface area contributed by atoms with E-state index in [1.165, 1.54) is 24.1 Å². The summed E-state index contributed by atoms with van der Waals surface area (Å²) in [6, 6.07) is 5.88. The van der Waals surface area contributed by atoms with E-state index in [-0.39, 0.29) is 5.56 Å². The van der Waals surface area contributed by atoms with Crippen molar-refractivity contribution in [1.29, 1.82) is 0 Å². The number of benzene rings is 1. The van der Waals surface area contributed by atoms with Crippen LogP contribution in [0.3, 0.4) is 0 Å². The Labute approximate surface area is 115 Å². The van der Waals surface area contributed by atoms with Gasteiger partial charge in [0.2, 0.25) is 0 Å². The fourth-order valence-corrected chi connectivity index (χ4v) is 4.99. The zero-order chi connectivity index (χ0) is 16.5. The molecule has 0 nitrogen and oxygen atoms in total. The number of hydrogen-bond acceptors (Lipinski definition) is 0. The number of alkyl halides is 9. The summed E-state index contributed by atoms with van der Waals surface area (Å²) in [6.45, 7) is 0. The molecule has 0 N–H and O–H groups in total. The molecule has 116 valence electrons. The first kappa shape index (κ1) is 17.7. The molecule has 0 aliphatic heterocycles. The number of hydrogen-bond donors (Lipinski definition) is 0. The fourth-order valence-electron chi connectivity index (χ4n) is 1.38.